The molecule has 0 aromatic carbocycles. The van der Waals surface area contributed by atoms with Gasteiger partial charge in [0, 0.05) is 19.3 Å². The number of hydrogen-bond donors (Lipinski definition) is 0. The van der Waals surface area contributed by atoms with Gasteiger partial charge in [0.05, 0.1) is 0 Å². The summed E-state index contributed by atoms with van der Waals surface area (Å²) in [7, 11) is 0. The maximum absolute atomic E-state index is 13.0. The van der Waals surface area contributed by atoms with Gasteiger partial charge in [0.25, 0.3) is 0 Å². The van der Waals surface area contributed by atoms with Gasteiger partial charge in [-0.2, -0.15) is 0 Å². The van der Waals surface area contributed by atoms with E-state index in [4.69, 9.17) is 14.2 Å². The topological polar surface area (TPSA) is 78.9 Å². The summed E-state index contributed by atoms with van der Waals surface area (Å²) in [6, 6.07) is 0. The van der Waals surface area contributed by atoms with Gasteiger partial charge in [0.15, 0.2) is 6.10 Å². The van der Waals surface area contributed by atoms with Gasteiger partial charge in [-0.3, -0.25) is 14.4 Å². The van der Waals surface area contributed by atoms with Crippen molar-refractivity contribution in [1.29, 1.82) is 0 Å². The van der Waals surface area contributed by atoms with E-state index in [0.717, 1.165) is 77.0 Å². The molecular formula is C75H136O6. The zero-order chi connectivity index (χ0) is 58.5. The highest BCUT2D eigenvalue weighted by Crippen LogP contribution is 2.17. The molecule has 0 spiro atoms. The third-order valence-electron chi connectivity index (χ3n) is 16.0. The number of esters is 3. The minimum atomic E-state index is -0.780. The highest BCUT2D eigenvalue weighted by Gasteiger charge is 2.19. The molecule has 6 heteroatoms. The molecule has 0 aliphatic rings. The first-order valence-electron chi connectivity index (χ1n) is 35.8. The quantitative estimate of drug-likeness (QED) is 0.0261. The molecule has 0 aromatic rings. The molecule has 0 saturated heterocycles. The molecule has 0 N–H and O–H groups in total. The summed E-state index contributed by atoms with van der Waals surface area (Å²) >= 11 is 0. The van der Waals surface area contributed by atoms with Crippen LogP contribution in [0.25, 0.3) is 0 Å². The van der Waals surface area contributed by atoms with Crippen molar-refractivity contribution in [2.24, 2.45) is 0 Å². The Labute approximate surface area is 504 Å². The maximum atomic E-state index is 13.0. The summed E-state index contributed by atoms with van der Waals surface area (Å²) < 4.78 is 17.0. The van der Waals surface area contributed by atoms with Crippen molar-refractivity contribution in [2.75, 3.05) is 13.2 Å². The second-order valence-electron chi connectivity index (χ2n) is 24.1. The molecule has 6 nitrogen and oxygen atoms in total. The van der Waals surface area contributed by atoms with Crippen molar-refractivity contribution in [1.82, 2.24) is 0 Å². The van der Waals surface area contributed by atoms with Gasteiger partial charge in [0.2, 0.25) is 0 Å². The van der Waals surface area contributed by atoms with Crippen LogP contribution in [0.1, 0.15) is 380 Å². The van der Waals surface area contributed by atoms with E-state index in [1.54, 1.807) is 0 Å². The van der Waals surface area contributed by atoms with Crippen molar-refractivity contribution in [3.63, 3.8) is 0 Å². The average Bonchev–Trinajstić information content (AvgIpc) is 3.47. The SMILES string of the molecule is CCCCCCC/C=C\C/C=C\CCCCCCCCCCCCCCCC(=O)OCC(COC(=O)CCCCCCC/C=C\CCCCCCCC)OC(=O)CCCCCCCCCCCCC/C=C\C/C=C\CCCCCCC. The van der Waals surface area contributed by atoms with Crippen molar-refractivity contribution in [2.45, 2.75) is 386 Å². The van der Waals surface area contributed by atoms with Crippen LogP contribution in [0.5, 0.6) is 0 Å². The van der Waals surface area contributed by atoms with Crippen LogP contribution in [-0.2, 0) is 28.6 Å². The van der Waals surface area contributed by atoms with Crippen LogP contribution in [-0.4, -0.2) is 37.2 Å². The van der Waals surface area contributed by atoms with Crippen LogP contribution in [0.4, 0.5) is 0 Å². The molecule has 0 amide bonds. The Bertz CT molecular complexity index is 1440. The predicted octanol–water partition coefficient (Wildman–Crippen LogP) is 24.7. The summed E-state index contributed by atoms with van der Waals surface area (Å²) in [5, 5.41) is 0. The Morgan fingerprint density at radius 3 is 0.691 bits per heavy atom. The Morgan fingerprint density at radius 1 is 0.247 bits per heavy atom. The van der Waals surface area contributed by atoms with E-state index in [0.29, 0.717) is 19.3 Å². The van der Waals surface area contributed by atoms with Gasteiger partial charge in [-0.15, -0.1) is 0 Å². The summed E-state index contributed by atoms with van der Waals surface area (Å²) in [4.78, 5) is 38.5. The van der Waals surface area contributed by atoms with Gasteiger partial charge in [-0.05, 0) is 109 Å². The van der Waals surface area contributed by atoms with E-state index in [1.807, 2.05) is 0 Å². The monoisotopic (exact) mass is 1130 g/mol. The molecule has 0 bridgehead atoms. The summed E-state index contributed by atoms with van der Waals surface area (Å²) in [6.45, 7) is 6.66. The lowest BCUT2D eigenvalue weighted by Crippen LogP contribution is -2.30. The van der Waals surface area contributed by atoms with Gasteiger partial charge in [-0.25, -0.2) is 0 Å². The lowest BCUT2D eigenvalue weighted by Gasteiger charge is -2.18. The van der Waals surface area contributed by atoms with Crippen LogP contribution in [0, 0.1) is 0 Å². The normalized spacial score (nSPS) is 12.4. The number of allylic oxidation sites excluding steroid dienone is 10. The Kier molecular flexibility index (Phi) is 67.1. The van der Waals surface area contributed by atoms with Crippen LogP contribution in [0.3, 0.4) is 0 Å². The molecular weight excluding hydrogens is 997 g/mol. The van der Waals surface area contributed by atoms with E-state index in [-0.39, 0.29) is 31.1 Å². The fourth-order valence-electron chi connectivity index (χ4n) is 10.6. The predicted molar refractivity (Wildman–Crippen MR) is 353 cm³/mol. The average molecular weight is 1130 g/mol. The van der Waals surface area contributed by atoms with Gasteiger partial charge < -0.3 is 14.2 Å². The number of carbonyl (C=O) groups excluding carboxylic acids is 3. The molecule has 81 heavy (non-hydrogen) atoms. The number of hydrogen-bond acceptors (Lipinski definition) is 6. The van der Waals surface area contributed by atoms with E-state index >= 15 is 0 Å². The Morgan fingerprint density at radius 2 is 0.444 bits per heavy atom. The van der Waals surface area contributed by atoms with E-state index in [2.05, 4.69) is 81.5 Å². The zero-order valence-electron chi connectivity index (χ0n) is 54.3. The maximum Gasteiger partial charge on any atom is 0.306 e. The van der Waals surface area contributed by atoms with E-state index < -0.39 is 6.10 Å². The molecule has 1 unspecified atom stereocenters. The first-order valence-corrected chi connectivity index (χ1v) is 35.8. The third kappa shape index (κ3) is 67.8. The smallest absolute Gasteiger partial charge is 0.306 e. The van der Waals surface area contributed by atoms with Gasteiger partial charge in [-0.1, -0.05) is 313 Å². The second-order valence-corrected chi connectivity index (χ2v) is 24.1. The number of rotatable bonds is 66. The summed E-state index contributed by atoms with van der Waals surface area (Å²) in [5.41, 5.74) is 0. The fourth-order valence-corrected chi connectivity index (χ4v) is 10.6. The third-order valence-corrected chi connectivity index (χ3v) is 16.0. The molecule has 472 valence electrons. The highest BCUT2D eigenvalue weighted by atomic mass is 16.6. The van der Waals surface area contributed by atoms with Crippen molar-refractivity contribution >= 4 is 17.9 Å². The largest absolute Gasteiger partial charge is 0.462 e. The van der Waals surface area contributed by atoms with Crippen LogP contribution < -0.4 is 0 Å². The van der Waals surface area contributed by atoms with Crippen LogP contribution >= 0.6 is 0 Å². The molecule has 0 aliphatic carbocycles. The molecule has 0 aliphatic heterocycles. The van der Waals surface area contributed by atoms with Gasteiger partial charge >= 0.3 is 17.9 Å². The minimum Gasteiger partial charge on any atom is -0.462 e. The standard InChI is InChI=1S/C75H136O6/c1-4-7-10-13-16-19-22-25-28-30-32-34-36-37-39-40-42-44-47-50-53-56-59-62-65-68-74(77)80-71-72(70-79-73(76)67-64-61-58-55-52-49-46-27-24-21-18-15-12-9-6-3)81-75(78)69-66-63-60-57-54-51-48-45-43-41-38-35-33-31-29-26-23-20-17-14-11-8-5-2/h22-23,25-27,30-33,46,72H,4-21,24,28-29,34-45,47-71H2,1-3H3/b25-22-,26-23-,32-30-,33-31-,46-27-. The first kappa shape index (κ1) is 78.1. The molecule has 0 aromatic heterocycles. The molecule has 0 heterocycles. The van der Waals surface area contributed by atoms with Crippen molar-refractivity contribution in [3.05, 3.63) is 60.8 Å². The fraction of sp³-hybridized carbons (Fsp3) is 0.827. The molecule has 0 fully saturated rings. The van der Waals surface area contributed by atoms with Crippen molar-refractivity contribution in [3.8, 4) is 0 Å². The Hall–Kier alpha value is -2.89. The molecule has 1 atom stereocenters. The number of ether oxygens (including phenoxy) is 3. The second kappa shape index (κ2) is 69.6. The lowest BCUT2D eigenvalue weighted by atomic mass is 10.0. The summed E-state index contributed by atoms with van der Waals surface area (Å²) in [5.74, 6) is -0.863. The van der Waals surface area contributed by atoms with E-state index in [9.17, 15) is 14.4 Å². The molecule has 0 saturated carbocycles. The number of carbonyl (C=O) groups is 3. The van der Waals surface area contributed by atoms with Gasteiger partial charge in [0.1, 0.15) is 13.2 Å². The van der Waals surface area contributed by atoms with Crippen LogP contribution in [0.2, 0.25) is 0 Å². The van der Waals surface area contributed by atoms with E-state index in [1.165, 1.54) is 263 Å². The first-order chi connectivity index (χ1) is 40.0. The zero-order valence-corrected chi connectivity index (χ0v) is 54.3. The summed E-state index contributed by atoms with van der Waals surface area (Å²) in [6.07, 6.45) is 89.6. The Balaban J connectivity index is 4.30. The lowest BCUT2D eigenvalue weighted by molar-refractivity contribution is -0.167. The highest BCUT2D eigenvalue weighted by molar-refractivity contribution is 5.71. The molecule has 0 rings (SSSR count). The minimum absolute atomic E-state index is 0.0751. The number of unbranched alkanes of at least 4 members (excludes halogenated alkanes) is 45. The van der Waals surface area contributed by atoms with Crippen LogP contribution in [0.15, 0.2) is 60.8 Å². The van der Waals surface area contributed by atoms with Crippen molar-refractivity contribution < 1.29 is 28.6 Å². The molecule has 0 radical (unpaired) electrons.